The molecule has 1 aromatic rings. The minimum atomic E-state index is -3.90. The molecule has 0 aliphatic rings. The first-order valence-electron chi connectivity index (χ1n) is 4.33. The molecule has 0 aliphatic heterocycles. The third-order valence-electron chi connectivity index (χ3n) is 1.84. The number of aromatic nitrogens is 2. The second-order valence-electron chi connectivity index (χ2n) is 3.10. The number of carboxylic acids is 1. The van der Waals surface area contributed by atoms with Crippen LogP contribution in [-0.4, -0.2) is 40.6 Å². The van der Waals surface area contributed by atoms with Crippen molar-refractivity contribution in [2.24, 2.45) is 0 Å². The quantitative estimate of drug-likeness (QED) is 0.790. The van der Waals surface area contributed by atoms with Crippen molar-refractivity contribution >= 4 is 20.9 Å². The number of hydrogen-bond donors (Lipinski definition) is 1. The van der Waals surface area contributed by atoms with Crippen molar-refractivity contribution in [1.29, 1.82) is 0 Å². The van der Waals surface area contributed by atoms with Crippen LogP contribution in [0.4, 0.5) is 0 Å². The summed E-state index contributed by atoms with van der Waals surface area (Å²) in [7, 11) is -3.90. The van der Waals surface area contributed by atoms with E-state index in [4.69, 9.17) is 5.11 Å². The Hall–Kier alpha value is -1.70. The van der Waals surface area contributed by atoms with Gasteiger partial charge in [-0.05, 0) is 6.92 Å². The lowest BCUT2D eigenvalue weighted by Crippen LogP contribution is -2.14. The van der Waals surface area contributed by atoms with Crippen molar-refractivity contribution < 1.29 is 23.1 Å². The fourth-order valence-electron chi connectivity index (χ4n) is 1.12. The number of sulfone groups is 1. The average molecular weight is 246 g/mol. The van der Waals surface area contributed by atoms with Gasteiger partial charge in [-0.2, -0.15) is 5.10 Å². The largest absolute Gasteiger partial charge is 0.477 e. The fraction of sp³-hybridized carbons (Fsp3) is 0.375. The zero-order valence-electron chi connectivity index (χ0n) is 8.67. The van der Waals surface area contributed by atoms with Gasteiger partial charge < -0.3 is 5.11 Å². The first-order chi connectivity index (χ1) is 7.27. The Morgan fingerprint density at radius 2 is 2.06 bits per heavy atom. The van der Waals surface area contributed by atoms with E-state index in [-0.39, 0.29) is 17.9 Å². The molecule has 1 heterocycles. The van der Waals surface area contributed by atoms with E-state index < -0.39 is 20.9 Å². The lowest BCUT2D eigenvalue weighted by atomic mass is 10.3. The first kappa shape index (κ1) is 12.4. The molecule has 1 N–H and O–H groups in total. The van der Waals surface area contributed by atoms with E-state index in [9.17, 15) is 18.0 Å². The standard InChI is InChI=1S/C8H10N2O5S/c1-3-10-6(7(11)12)4-5(9-10)8(13)16(2,14)15/h4H,3H2,1-2H3,(H,11,12). The van der Waals surface area contributed by atoms with Crippen LogP contribution in [0.3, 0.4) is 0 Å². The summed E-state index contributed by atoms with van der Waals surface area (Å²) < 4.78 is 23.0. The van der Waals surface area contributed by atoms with Gasteiger partial charge in [0.25, 0.3) is 5.12 Å². The maximum Gasteiger partial charge on any atom is 0.354 e. The van der Waals surface area contributed by atoms with Crippen LogP contribution in [0.2, 0.25) is 0 Å². The smallest absolute Gasteiger partial charge is 0.354 e. The monoisotopic (exact) mass is 246 g/mol. The van der Waals surface area contributed by atoms with Crippen molar-refractivity contribution in [3.63, 3.8) is 0 Å². The maximum absolute atomic E-state index is 11.3. The first-order valence-corrected chi connectivity index (χ1v) is 6.22. The van der Waals surface area contributed by atoms with Crippen LogP contribution < -0.4 is 0 Å². The van der Waals surface area contributed by atoms with Gasteiger partial charge in [-0.15, -0.1) is 0 Å². The minimum absolute atomic E-state index is 0.213. The van der Waals surface area contributed by atoms with Crippen molar-refractivity contribution in [1.82, 2.24) is 9.78 Å². The third-order valence-corrected chi connectivity index (χ3v) is 2.73. The van der Waals surface area contributed by atoms with E-state index >= 15 is 0 Å². The van der Waals surface area contributed by atoms with Crippen molar-refractivity contribution in [3.8, 4) is 0 Å². The molecule has 0 aromatic carbocycles. The second kappa shape index (κ2) is 4.05. The van der Waals surface area contributed by atoms with Gasteiger partial charge in [-0.25, -0.2) is 13.2 Å². The Labute approximate surface area is 91.6 Å². The van der Waals surface area contributed by atoms with E-state index in [0.717, 1.165) is 17.0 Å². The van der Waals surface area contributed by atoms with Crippen LogP contribution in [0.1, 0.15) is 27.9 Å². The highest BCUT2D eigenvalue weighted by Crippen LogP contribution is 2.08. The van der Waals surface area contributed by atoms with Gasteiger partial charge in [0, 0.05) is 18.9 Å². The van der Waals surface area contributed by atoms with Gasteiger partial charge >= 0.3 is 5.97 Å². The summed E-state index contributed by atoms with van der Waals surface area (Å²) in [5.41, 5.74) is -0.587. The molecule has 0 unspecified atom stereocenters. The highest BCUT2D eigenvalue weighted by atomic mass is 32.2. The Morgan fingerprint density at radius 3 is 2.38 bits per heavy atom. The predicted molar refractivity (Wildman–Crippen MR) is 54.0 cm³/mol. The number of rotatable bonds is 3. The molecule has 16 heavy (non-hydrogen) atoms. The lowest BCUT2D eigenvalue weighted by molar-refractivity contribution is 0.0683. The van der Waals surface area contributed by atoms with Crippen LogP contribution in [0, 0.1) is 0 Å². The number of carboxylic acid groups (broad SMARTS) is 1. The normalized spacial score (nSPS) is 11.4. The van der Waals surface area contributed by atoms with Crippen LogP contribution in [-0.2, 0) is 16.4 Å². The van der Waals surface area contributed by atoms with E-state index in [1.165, 1.54) is 0 Å². The van der Waals surface area contributed by atoms with Crippen LogP contribution in [0.25, 0.3) is 0 Å². The number of aromatic carboxylic acids is 1. The summed E-state index contributed by atoms with van der Waals surface area (Å²) in [4.78, 5) is 22.1. The van der Waals surface area contributed by atoms with E-state index in [1.54, 1.807) is 6.92 Å². The molecule has 0 atom stereocenters. The molecule has 0 spiro atoms. The molecular weight excluding hydrogens is 236 g/mol. The van der Waals surface area contributed by atoms with E-state index in [2.05, 4.69) is 5.10 Å². The summed E-state index contributed by atoms with van der Waals surface area (Å²) in [6.45, 7) is 1.87. The van der Waals surface area contributed by atoms with Gasteiger partial charge in [0.05, 0.1) is 0 Å². The summed E-state index contributed by atoms with van der Waals surface area (Å²) in [5.74, 6) is -1.26. The summed E-state index contributed by atoms with van der Waals surface area (Å²) in [6, 6.07) is 0.954. The highest BCUT2D eigenvalue weighted by molar-refractivity contribution is 8.06. The maximum atomic E-state index is 11.3. The molecule has 0 fully saturated rings. The summed E-state index contributed by atoms with van der Waals surface area (Å²) in [6.07, 6.45) is 0.751. The summed E-state index contributed by atoms with van der Waals surface area (Å²) >= 11 is 0. The molecule has 1 aromatic heterocycles. The molecule has 0 amide bonds. The van der Waals surface area contributed by atoms with Crippen molar-refractivity contribution in [2.75, 3.05) is 6.26 Å². The second-order valence-corrected chi connectivity index (χ2v) is 5.01. The number of carbonyl (C=O) groups excluding carboxylic acids is 1. The van der Waals surface area contributed by atoms with Gasteiger partial charge in [0.15, 0.2) is 0 Å². The number of nitrogens with zero attached hydrogens (tertiary/aromatic N) is 2. The Balaban J connectivity index is 3.29. The molecule has 0 saturated heterocycles. The minimum Gasteiger partial charge on any atom is -0.477 e. The molecule has 0 bridgehead atoms. The zero-order valence-corrected chi connectivity index (χ0v) is 9.48. The van der Waals surface area contributed by atoms with Gasteiger partial charge in [0.1, 0.15) is 11.4 Å². The van der Waals surface area contributed by atoms with Crippen molar-refractivity contribution in [3.05, 3.63) is 17.5 Å². The number of aryl methyl sites for hydroxylation is 1. The average Bonchev–Trinajstić information content (AvgIpc) is 2.58. The Bertz CT molecular complexity index is 543. The lowest BCUT2D eigenvalue weighted by Gasteiger charge is -1.97. The van der Waals surface area contributed by atoms with Gasteiger partial charge in [0.2, 0.25) is 9.84 Å². The Morgan fingerprint density at radius 1 is 1.50 bits per heavy atom. The molecular formula is C8H10N2O5S. The molecule has 88 valence electrons. The SMILES string of the molecule is CCn1nc(C(=O)S(C)(=O)=O)cc1C(=O)O. The van der Waals surface area contributed by atoms with Crippen LogP contribution in [0.5, 0.6) is 0 Å². The molecule has 8 heteroatoms. The predicted octanol–water partition coefficient (Wildman–Crippen LogP) is -0.214. The van der Waals surface area contributed by atoms with Gasteiger partial charge in [-0.1, -0.05) is 0 Å². The van der Waals surface area contributed by atoms with Gasteiger partial charge in [-0.3, -0.25) is 9.48 Å². The van der Waals surface area contributed by atoms with E-state index in [1.807, 2.05) is 0 Å². The van der Waals surface area contributed by atoms with Crippen molar-refractivity contribution in [2.45, 2.75) is 13.5 Å². The highest BCUT2D eigenvalue weighted by Gasteiger charge is 2.24. The summed E-state index contributed by atoms with van der Waals surface area (Å²) in [5, 5.41) is 11.2. The molecule has 1 rings (SSSR count). The topological polar surface area (TPSA) is 106 Å². The molecule has 0 saturated carbocycles. The number of hydrogen-bond acceptors (Lipinski definition) is 5. The fourth-order valence-corrected chi connectivity index (χ4v) is 1.60. The molecule has 7 nitrogen and oxygen atoms in total. The Kier molecular flexibility index (Phi) is 3.13. The van der Waals surface area contributed by atoms with E-state index in [0.29, 0.717) is 0 Å². The van der Waals surface area contributed by atoms with Crippen LogP contribution >= 0.6 is 0 Å². The molecule has 0 aliphatic carbocycles. The number of carbonyl (C=O) groups is 2. The molecule has 0 radical (unpaired) electrons. The van der Waals surface area contributed by atoms with Crippen LogP contribution in [0.15, 0.2) is 6.07 Å². The zero-order chi connectivity index (χ0) is 12.5. The third kappa shape index (κ3) is 2.27.